The maximum Gasteiger partial charge on any atom is 0.306 e. The van der Waals surface area contributed by atoms with Gasteiger partial charge in [-0.15, -0.1) is 0 Å². The second kappa shape index (κ2) is 68.5. The molecule has 0 aliphatic heterocycles. The highest BCUT2D eigenvalue weighted by Crippen LogP contribution is 2.13. The third-order valence-electron chi connectivity index (χ3n) is 12.8. The normalized spacial score (nSPS) is 13.5. The monoisotopic (exact) mass is 1140 g/mol. The van der Waals surface area contributed by atoms with Gasteiger partial charge in [0.05, 0.1) is 0 Å². The molecule has 0 spiro atoms. The summed E-state index contributed by atoms with van der Waals surface area (Å²) in [5.41, 5.74) is 0. The summed E-state index contributed by atoms with van der Waals surface area (Å²) < 4.78 is 16.8. The lowest BCUT2D eigenvalue weighted by Gasteiger charge is -2.18. The van der Waals surface area contributed by atoms with Gasteiger partial charge in [-0.2, -0.15) is 0 Å². The fraction of sp³-hybridized carbons (Fsp3) is 0.519. The Hall–Kier alpha value is -6.01. The van der Waals surface area contributed by atoms with Crippen molar-refractivity contribution in [1.29, 1.82) is 0 Å². The van der Waals surface area contributed by atoms with Gasteiger partial charge >= 0.3 is 17.9 Å². The van der Waals surface area contributed by atoms with Gasteiger partial charge in [0.2, 0.25) is 0 Å². The summed E-state index contributed by atoms with van der Waals surface area (Å²) in [6.07, 6.45) is 106. The summed E-state index contributed by atoms with van der Waals surface area (Å²) in [5, 5.41) is 0. The number of carbonyl (C=O) groups excluding carboxylic acids is 3. The molecule has 0 radical (unpaired) electrons. The molecule has 0 aromatic heterocycles. The molecule has 0 aliphatic rings. The minimum atomic E-state index is -0.840. The minimum absolute atomic E-state index is 0.128. The highest BCUT2D eigenvalue weighted by atomic mass is 16.6. The summed E-state index contributed by atoms with van der Waals surface area (Å²) in [7, 11) is 0. The molecule has 0 saturated carbocycles. The van der Waals surface area contributed by atoms with Crippen molar-refractivity contribution in [2.45, 2.75) is 245 Å². The quantitative estimate of drug-likeness (QED) is 0.0261. The zero-order valence-electron chi connectivity index (χ0n) is 52.6. The molecule has 1 atom stereocenters. The van der Waals surface area contributed by atoms with Crippen molar-refractivity contribution >= 4 is 17.9 Å². The van der Waals surface area contributed by atoms with Crippen LogP contribution in [0.5, 0.6) is 0 Å². The summed E-state index contributed by atoms with van der Waals surface area (Å²) >= 11 is 0. The molecule has 0 saturated heterocycles. The third kappa shape index (κ3) is 66.7. The molecule has 0 aromatic rings. The van der Waals surface area contributed by atoms with Crippen LogP contribution in [-0.2, 0) is 28.6 Å². The van der Waals surface area contributed by atoms with Crippen LogP contribution in [-0.4, -0.2) is 37.2 Å². The van der Waals surface area contributed by atoms with Crippen LogP contribution in [0.2, 0.25) is 0 Å². The molecule has 6 nitrogen and oxygen atoms in total. The number of unbranched alkanes of at least 4 members (excludes halogenated alkanes) is 11. The van der Waals surface area contributed by atoms with Crippen molar-refractivity contribution < 1.29 is 28.6 Å². The lowest BCUT2D eigenvalue weighted by Crippen LogP contribution is -2.30. The van der Waals surface area contributed by atoms with Crippen molar-refractivity contribution in [2.24, 2.45) is 0 Å². The van der Waals surface area contributed by atoms with E-state index in [0.717, 1.165) is 167 Å². The van der Waals surface area contributed by atoms with E-state index in [4.69, 9.17) is 14.2 Å². The fourth-order valence-corrected chi connectivity index (χ4v) is 8.03. The van der Waals surface area contributed by atoms with Crippen molar-refractivity contribution in [2.75, 3.05) is 13.2 Å². The van der Waals surface area contributed by atoms with Crippen molar-refractivity contribution in [3.63, 3.8) is 0 Å². The molecule has 460 valence electrons. The number of rotatable bonds is 56. The van der Waals surface area contributed by atoms with Gasteiger partial charge in [0.15, 0.2) is 6.10 Å². The van der Waals surface area contributed by atoms with Crippen LogP contribution >= 0.6 is 0 Å². The van der Waals surface area contributed by atoms with Gasteiger partial charge in [-0.3, -0.25) is 14.4 Å². The number of ether oxygens (including phenoxy) is 3. The average Bonchev–Trinajstić information content (AvgIpc) is 3.49. The predicted molar refractivity (Wildman–Crippen MR) is 361 cm³/mol. The maximum atomic E-state index is 12.9. The zero-order valence-corrected chi connectivity index (χ0v) is 52.6. The van der Waals surface area contributed by atoms with Crippen LogP contribution in [0.1, 0.15) is 239 Å². The van der Waals surface area contributed by atoms with E-state index >= 15 is 0 Å². The lowest BCUT2D eigenvalue weighted by molar-refractivity contribution is -0.166. The summed E-state index contributed by atoms with van der Waals surface area (Å²) in [5.74, 6) is -1.06. The van der Waals surface area contributed by atoms with E-state index in [-0.39, 0.29) is 44.0 Å². The molecular weight excluding hydrogens is 1020 g/mol. The first-order chi connectivity index (χ1) is 41.0. The molecule has 83 heavy (non-hydrogen) atoms. The second-order valence-electron chi connectivity index (χ2n) is 20.5. The molecular formula is C77H116O6. The van der Waals surface area contributed by atoms with E-state index in [0.29, 0.717) is 19.3 Å². The number of esters is 3. The Labute approximate surface area is 509 Å². The molecule has 1 unspecified atom stereocenters. The van der Waals surface area contributed by atoms with Crippen molar-refractivity contribution in [3.05, 3.63) is 207 Å². The van der Waals surface area contributed by atoms with E-state index in [2.05, 4.69) is 215 Å². The van der Waals surface area contributed by atoms with Crippen LogP contribution in [0.3, 0.4) is 0 Å². The second-order valence-corrected chi connectivity index (χ2v) is 20.5. The standard InChI is InChI=1S/C77H116O6/c1-4-7-10-13-16-19-22-25-27-29-31-33-35-36-37-38-39-40-42-43-45-47-49-52-55-58-61-64-67-70-76(79)82-73-74(72-81-75(78)69-66-63-60-57-54-51-24-21-18-15-12-9-6-3)83-77(80)71-68-65-62-59-56-53-50-48-46-44-41-34-32-30-28-26-23-20-17-14-11-8-5-2/h7-12,16-21,25-28,31-34,36-37,39-40,43-46,50-51,53-54,60,63,74H,4-6,13-15,22-24,29-30,35,38,41-42,47-49,52,55-59,61-62,64-73H2,1-3H3/b10-7-,11-8-,12-9-,19-16-,20-17-,21-18-,27-25-,28-26-,33-31-,34-32-,37-36-,40-39-,45-43-,46-44-,53-50-,54-51-,63-60-. The third-order valence-corrected chi connectivity index (χ3v) is 12.8. The van der Waals surface area contributed by atoms with Gasteiger partial charge in [-0.25, -0.2) is 0 Å². The van der Waals surface area contributed by atoms with Gasteiger partial charge in [0, 0.05) is 19.3 Å². The smallest absolute Gasteiger partial charge is 0.306 e. The molecule has 0 fully saturated rings. The summed E-state index contributed by atoms with van der Waals surface area (Å²) in [6.45, 7) is 6.18. The number of hydrogen-bond donors (Lipinski definition) is 0. The highest BCUT2D eigenvalue weighted by Gasteiger charge is 2.19. The van der Waals surface area contributed by atoms with Gasteiger partial charge in [0.25, 0.3) is 0 Å². The van der Waals surface area contributed by atoms with E-state index in [1.807, 2.05) is 12.2 Å². The van der Waals surface area contributed by atoms with Gasteiger partial charge in [0.1, 0.15) is 13.2 Å². The van der Waals surface area contributed by atoms with Gasteiger partial charge in [-0.1, -0.05) is 272 Å². The number of carbonyl (C=O) groups is 3. The Balaban J connectivity index is 4.48. The summed E-state index contributed by atoms with van der Waals surface area (Å²) in [6, 6.07) is 0. The Bertz CT molecular complexity index is 2030. The van der Waals surface area contributed by atoms with Crippen LogP contribution in [0, 0.1) is 0 Å². The first kappa shape index (κ1) is 77.0. The van der Waals surface area contributed by atoms with E-state index < -0.39 is 6.10 Å². The first-order valence-electron chi connectivity index (χ1n) is 32.6. The molecule has 0 rings (SSSR count). The van der Waals surface area contributed by atoms with Gasteiger partial charge in [-0.05, 0) is 154 Å². The largest absolute Gasteiger partial charge is 0.462 e. The van der Waals surface area contributed by atoms with Crippen molar-refractivity contribution in [1.82, 2.24) is 0 Å². The number of allylic oxidation sites excluding steroid dienone is 34. The first-order valence-corrected chi connectivity index (χ1v) is 32.6. The Morgan fingerprint density at radius 3 is 0.747 bits per heavy atom. The highest BCUT2D eigenvalue weighted by molar-refractivity contribution is 5.71. The molecule has 0 heterocycles. The van der Waals surface area contributed by atoms with Crippen LogP contribution in [0.15, 0.2) is 207 Å². The molecule has 0 N–H and O–H groups in total. The van der Waals surface area contributed by atoms with E-state index in [1.165, 1.54) is 19.3 Å². The topological polar surface area (TPSA) is 78.9 Å². The van der Waals surface area contributed by atoms with E-state index in [1.54, 1.807) is 0 Å². The molecule has 6 heteroatoms. The van der Waals surface area contributed by atoms with Crippen molar-refractivity contribution in [3.8, 4) is 0 Å². The molecule has 0 aliphatic carbocycles. The maximum absolute atomic E-state index is 12.9. The lowest BCUT2D eigenvalue weighted by atomic mass is 10.1. The predicted octanol–water partition coefficient (Wildman–Crippen LogP) is 22.8. The Morgan fingerprint density at radius 1 is 0.241 bits per heavy atom. The summed E-state index contributed by atoms with van der Waals surface area (Å²) in [4.78, 5) is 38.3. The molecule has 0 aromatic carbocycles. The average molecular weight is 1140 g/mol. The molecule has 0 bridgehead atoms. The Kier molecular flexibility index (Phi) is 63.5. The van der Waals surface area contributed by atoms with Crippen LogP contribution in [0.25, 0.3) is 0 Å². The number of hydrogen-bond acceptors (Lipinski definition) is 6. The Morgan fingerprint density at radius 2 is 0.458 bits per heavy atom. The van der Waals surface area contributed by atoms with E-state index in [9.17, 15) is 14.4 Å². The molecule has 0 amide bonds. The van der Waals surface area contributed by atoms with Crippen LogP contribution in [0.4, 0.5) is 0 Å². The minimum Gasteiger partial charge on any atom is -0.462 e. The zero-order chi connectivity index (χ0) is 59.9. The van der Waals surface area contributed by atoms with Crippen LogP contribution < -0.4 is 0 Å². The fourth-order valence-electron chi connectivity index (χ4n) is 8.03. The van der Waals surface area contributed by atoms with Gasteiger partial charge < -0.3 is 14.2 Å². The SMILES string of the molecule is CC/C=C\C/C=C\C/C=C\C/C=C\C/C=C\C/C=C\C/C=C\CCCCCCCCCC(=O)OCC(COC(=O)CC/C=C\C/C=C\C/C=C\C/C=C\CC)OC(=O)CCCCCC/C=C\C/C=C\C/C=C\C/C=C\C/C=C\C/C=C\CC.